The first-order valence-electron chi connectivity index (χ1n) is 9.50. The van der Waals surface area contributed by atoms with Crippen molar-refractivity contribution in [3.05, 3.63) is 0 Å². The molecule has 0 aliphatic carbocycles. The molecule has 0 amide bonds. The van der Waals surface area contributed by atoms with Gasteiger partial charge in [0.1, 0.15) is 13.2 Å². The number of nitrogens with one attached hydrogen (secondary N) is 1. The second-order valence-electron chi connectivity index (χ2n) is 8.11. The highest BCUT2D eigenvalue weighted by atomic mass is 31.3. The molecule has 0 bridgehead atoms. The molecule has 0 aromatic heterocycles. The van der Waals surface area contributed by atoms with Crippen LogP contribution in [-0.2, 0) is 18.1 Å². The first-order chi connectivity index (χ1) is 12.5. The fourth-order valence-electron chi connectivity index (χ4n) is 1.43. The molecular formula is C16H41N4O4P3+2. The summed E-state index contributed by atoms with van der Waals surface area (Å²) in [4.78, 5) is 3.30. The summed E-state index contributed by atoms with van der Waals surface area (Å²) in [5.74, 6) is 1.37. The zero-order valence-corrected chi connectivity index (χ0v) is 20.9. The van der Waals surface area contributed by atoms with E-state index < -0.39 is 24.6 Å². The predicted molar refractivity (Wildman–Crippen MR) is 118 cm³/mol. The van der Waals surface area contributed by atoms with Crippen molar-refractivity contribution in [2.45, 2.75) is 55.4 Å². The number of hydrogen-bond acceptors (Lipinski definition) is 6. The highest BCUT2D eigenvalue weighted by molar-refractivity contribution is 7.75. The van der Waals surface area contributed by atoms with Gasteiger partial charge in [0.05, 0.1) is 13.2 Å². The van der Waals surface area contributed by atoms with Crippen LogP contribution in [0.3, 0.4) is 0 Å². The lowest BCUT2D eigenvalue weighted by atomic mass is 10.2. The van der Waals surface area contributed by atoms with Crippen molar-refractivity contribution in [3.8, 4) is 0 Å². The molecule has 27 heavy (non-hydrogen) atoms. The largest absolute Gasteiger partial charge is 0.537 e. The number of rotatable bonds is 15. The Balaban J connectivity index is 5.51. The van der Waals surface area contributed by atoms with Crippen molar-refractivity contribution in [1.82, 2.24) is 4.86 Å². The van der Waals surface area contributed by atoms with Gasteiger partial charge in [-0.15, -0.1) is 11.0 Å². The van der Waals surface area contributed by atoms with Crippen LogP contribution in [-0.4, -0.2) is 26.4 Å². The van der Waals surface area contributed by atoms with E-state index >= 15 is 0 Å². The quantitative estimate of drug-likeness (QED) is 0.281. The lowest BCUT2D eigenvalue weighted by molar-refractivity contribution is 0.181. The van der Waals surface area contributed by atoms with Crippen molar-refractivity contribution < 1.29 is 18.1 Å². The number of nitrogens with two attached hydrogens (primary N) is 2. The molecule has 0 aliphatic rings. The Morgan fingerprint density at radius 2 is 1.15 bits per heavy atom. The monoisotopic (exact) mass is 446 g/mol. The van der Waals surface area contributed by atoms with Gasteiger partial charge in [-0.1, -0.05) is 55.4 Å². The Labute approximate surface area is 169 Å². The maximum absolute atomic E-state index is 6.12. The minimum atomic E-state index is -2.90. The Kier molecular flexibility index (Phi) is 15.0. The summed E-state index contributed by atoms with van der Waals surface area (Å²) in [6, 6.07) is 0. The summed E-state index contributed by atoms with van der Waals surface area (Å²) in [7, 11) is -5.92. The van der Waals surface area contributed by atoms with Crippen LogP contribution in [0.1, 0.15) is 55.4 Å². The fraction of sp³-hybridized carbons (Fsp3) is 1.00. The van der Waals surface area contributed by atoms with E-state index in [0.717, 1.165) is 0 Å². The van der Waals surface area contributed by atoms with Crippen LogP contribution >= 0.6 is 24.6 Å². The van der Waals surface area contributed by atoms with Gasteiger partial charge in [0.25, 0.3) is 8.53 Å². The van der Waals surface area contributed by atoms with Crippen molar-refractivity contribution in [2.24, 2.45) is 39.2 Å². The lowest BCUT2D eigenvalue weighted by Crippen LogP contribution is -2.21. The van der Waals surface area contributed by atoms with E-state index in [0.29, 0.717) is 50.1 Å². The van der Waals surface area contributed by atoms with Gasteiger partial charge in [-0.05, 0) is 28.5 Å². The summed E-state index contributed by atoms with van der Waals surface area (Å²) < 4.78 is 28.7. The minimum absolute atomic E-state index is 0.310. The SMILES string of the molecule is CC(C)COP(N[P+](N=[P+](N)N)(OCC(C)C)OCC(C)C)OCC(C)C. The molecule has 11 heteroatoms. The number of nitrogens with zero attached hydrogens (tertiary/aromatic N) is 1. The van der Waals surface area contributed by atoms with Crippen LogP contribution in [0.4, 0.5) is 0 Å². The summed E-state index contributed by atoms with van der Waals surface area (Å²) in [6.07, 6.45) is 0. The third-order valence-electron chi connectivity index (χ3n) is 2.65. The molecule has 0 heterocycles. The van der Waals surface area contributed by atoms with Gasteiger partial charge in [-0.25, -0.2) is 0 Å². The maximum atomic E-state index is 6.12. The van der Waals surface area contributed by atoms with Gasteiger partial charge in [-0.3, -0.25) is 0 Å². The third-order valence-corrected chi connectivity index (χ3v) is 7.84. The van der Waals surface area contributed by atoms with E-state index in [1.165, 1.54) is 0 Å². The molecule has 0 rings (SSSR count). The standard InChI is InChI=1S/C16H41N4O4P3/c1-13(2)9-21-26(22-10-14(3)4)20-27(19-25(17)18,23-11-15(5)6)24-12-16(7)8/h13-16,20H,9-12H2,1-8H3,(H4,17,18,19)/q+2. The Bertz CT molecular complexity index is 398. The Morgan fingerprint density at radius 1 is 0.778 bits per heavy atom. The summed E-state index contributed by atoms with van der Waals surface area (Å²) >= 11 is 0. The van der Waals surface area contributed by atoms with Gasteiger partial charge in [0, 0.05) is 0 Å². The molecule has 0 fully saturated rings. The molecule has 0 aliphatic heterocycles. The first kappa shape index (κ1) is 27.7. The van der Waals surface area contributed by atoms with Crippen LogP contribution in [0.2, 0.25) is 0 Å². The number of hydrogen-bond donors (Lipinski definition) is 3. The highest BCUT2D eigenvalue weighted by Crippen LogP contribution is 2.66. The molecule has 0 aromatic carbocycles. The zero-order chi connectivity index (χ0) is 21.0. The molecule has 0 spiro atoms. The smallest absolute Gasteiger partial charge is 0.320 e. The topological polar surface area (TPSA) is 113 Å². The second-order valence-corrected chi connectivity index (χ2v) is 13.0. The first-order valence-corrected chi connectivity index (χ1v) is 13.7. The van der Waals surface area contributed by atoms with Crippen molar-refractivity contribution in [1.29, 1.82) is 0 Å². The predicted octanol–water partition coefficient (Wildman–Crippen LogP) is 5.58. The highest BCUT2D eigenvalue weighted by Gasteiger charge is 2.53. The summed E-state index contributed by atoms with van der Waals surface area (Å²) in [6.45, 7) is 18.7. The average Bonchev–Trinajstić information content (AvgIpc) is 2.52. The molecular weight excluding hydrogens is 405 g/mol. The summed E-state index contributed by atoms with van der Waals surface area (Å²) in [5.41, 5.74) is 11.7. The van der Waals surface area contributed by atoms with E-state index in [1.54, 1.807) is 0 Å². The minimum Gasteiger partial charge on any atom is -0.320 e. The van der Waals surface area contributed by atoms with Crippen LogP contribution in [0.15, 0.2) is 4.52 Å². The normalized spacial score (nSPS) is 12.9. The van der Waals surface area contributed by atoms with Gasteiger partial charge >= 0.3 is 16.0 Å². The Hall–Kier alpha value is 0.680. The molecule has 5 N–H and O–H groups in total. The van der Waals surface area contributed by atoms with Gasteiger partial charge in [0.2, 0.25) is 0 Å². The van der Waals surface area contributed by atoms with E-state index in [1.807, 2.05) is 0 Å². The van der Waals surface area contributed by atoms with Crippen molar-refractivity contribution in [3.63, 3.8) is 0 Å². The molecule has 0 saturated heterocycles. The van der Waals surface area contributed by atoms with Crippen molar-refractivity contribution >= 4 is 24.6 Å². The molecule has 0 saturated carbocycles. The summed E-state index contributed by atoms with van der Waals surface area (Å²) in [5, 5.41) is 0. The van der Waals surface area contributed by atoms with Crippen molar-refractivity contribution in [2.75, 3.05) is 26.4 Å². The average molecular weight is 446 g/mol. The van der Waals surface area contributed by atoms with E-state index in [4.69, 9.17) is 29.1 Å². The fourth-order valence-corrected chi connectivity index (χ4v) is 7.22. The molecule has 0 unspecified atom stereocenters. The van der Waals surface area contributed by atoms with E-state index in [2.05, 4.69) is 64.8 Å². The van der Waals surface area contributed by atoms with Crippen LogP contribution in [0.5, 0.6) is 0 Å². The van der Waals surface area contributed by atoms with Gasteiger partial charge in [0.15, 0.2) is 4.52 Å². The molecule has 0 radical (unpaired) electrons. The zero-order valence-electron chi connectivity index (χ0n) is 18.2. The van der Waals surface area contributed by atoms with Gasteiger partial charge in [-0.2, -0.15) is 9.05 Å². The lowest BCUT2D eigenvalue weighted by Gasteiger charge is -2.23. The van der Waals surface area contributed by atoms with Crippen LogP contribution in [0, 0.1) is 23.7 Å². The molecule has 0 aromatic rings. The van der Waals surface area contributed by atoms with E-state index in [9.17, 15) is 0 Å². The van der Waals surface area contributed by atoms with Crippen LogP contribution < -0.4 is 15.9 Å². The maximum Gasteiger partial charge on any atom is 0.537 e. The van der Waals surface area contributed by atoms with Crippen LogP contribution in [0.25, 0.3) is 0 Å². The third kappa shape index (κ3) is 15.2. The molecule has 162 valence electrons. The molecule has 8 nitrogen and oxygen atoms in total. The molecule has 0 atom stereocenters. The second kappa shape index (κ2) is 14.6. The van der Waals surface area contributed by atoms with Gasteiger partial charge < -0.3 is 9.05 Å². The Morgan fingerprint density at radius 3 is 1.44 bits per heavy atom. The van der Waals surface area contributed by atoms with E-state index in [-0.39, 0.29) is 0 Å².